The first kappa shape index (κ1) is 13.4. The highest BCUT2D eigenvalue weighted by molar-refractivity contribution is 5.38. The third-order valence-corrected chi connectivity index (χ3v) is 3.91. The standard InChI is InChI=1S/C16H25NO/c1-12(2)13-8-9-16(18-3)14(10-13)11-17-15-6-4-5-7-15/h8-10,12,15,17H,4-7,11H2,1-3H3. The summed E-state index contributed by atoms with van der Waals surface area (Å²) in [7, 11) is 1.75. The molecular formula is C16H25NO. The monoisotopic (exact) mass is 247 g/mol. The highest BCUT2D eigenvalue weighted by Gasteiger charge is 2.15. The fourth-order valence-corrected chi connectivity index (χ4v) is 2.68. The SMILES string of the molecule is COc1ccc(C(C)C)cc1CNC1CCCC1. The maximum Gasteiger partial charge on any atom is 0.123 e. The summed E-state index contributed by atoms with van der Waals surface area (Å²) in [5, 5.41) is 3.66. The summed E-state index contributed by atoms with van der Waals surface area (Å²) in [6, 6.07) is 7.26. The molecule has 1 N–H and O–H groups in total. The highest BCUT2D eigenvalue weighted by Crippen LogP contribution is 2.25. The van der Waals surface area contributed by atoms with Gasteiger partial charge in [-0.25, -0.2) is 0 Å². The predicted molar refractivity (Wildman–Crippen MR) is 76.2 cm³/mol. The van der Waals surface area contributed by atoms with E-state index in [2.05, 4.69) is 37.4 Å². The maximum atomic E-state index is 5.46. The Morgan fingerprint density at radius 1 is 1.28 bits per heavy atom. The van der Waals surface area contributed by atoms with E-state index in [4.69, 9.17) is 4.74 Å². The summed E-state index contributed by atoms with van der Waals surface area (Å²) in [4.78, 5) is 0. The van der Waals surface area contributed by atoms with E-state index in [1.54, 1.807) is 7.11 Å². The number of nitrogens with one attached hydrogen (secondary N) is 1. The summed E-state index contributed by atoms with van der Waals surface area (Å²) in [5.74, 6) is 1.58. The van der Waals surface area contributed by atoms with Crippen molar-refractivity contribution >= 4 is 0 Å². The molecule has 0 aliphatic heterocycles. The Kier molecular flexibility index (Phi) is 4.65. The Morgan fingerprint density at radius 3 is 2.61 bits per heavy atom. The third-order valence-electron chi connectivity index (χ3n) is 3.91. The molecular weight excluding hydrogens is 222 g/mol. The second-order valence-corrected chi connectivity index (χ2v) is 5.59. The lowest BCUT2D eigenvalue weighted by molar-refractivity contribution is 0.404. The molecule has 0 saturated heterocycles. The zero-order valence-electron chi connectivity index (χ0n) is 11.8. The van der Waals surface area contributed by atoms with Gasteiger partial charge in [0.05, 0.1) is 7.11 Å². The van der Waals surface area contributed by atoms with Crippen LogP contribution in [0.5, 0.6) is 5.75 Å². The van der Waals surface area contributed by atoms with Crippen LogP contribution in [0.2, 0.25) is 0 Å². The molecule has 1 saturated carbocycles. The van der Waals surface area contributed by atoms with Crippen molar-refractivity contribution in [2.75, 3.05) is 7.11 Å². The average molecular weight is 247 g/mol. The van der Waals surface area contributed by atoms with Crippen LogP contribution in [-0.4, -0.2) is 13.2 Å². The number of rotatable bonds is 5. The molecule has 2 nitrogen and oxygen atoms in total. The molecule has 0 aromatic heterocycles. The molecule has 1 fully saturated rings. The van der Waals surface area contributed by atoms with Gasteiger partial charge < -0.3 is 10.1 Å². The second kappa shape index (κ2) is 6.24. The molecule has 1 aliphatic carbocycles. The van der Waals surface area contributed by atoms with Gasteiger partial charge in [-0.05, 0) is 30.4 Å². The summed E-state index contributed by atoms with van der Waals surface area (Å²) in [6.45, 7) is 5.39. The van der Waals surface area contributed by atoms with E-state index in [0.29, 0.717) is 12.0 Å². The van der Waals surface area contributed by atoms with Crippen LogP contribution in [0.4, 0.5) is 0 Å². The molecule has 0 heterocycles. The maximum absolute atomic E-state index is 5.46. The van der Waals surface area contributed by atoms with E-state index in [0.717, 1.165) is 12.3 Å². The van der Waals surface area contributed by atoms with Crippen LogP contribution in [0.25, 0.3) is 0 Å². The minimum Gasteiger partial charge on any atom is -0.496 e. The molecule has 0 bridgehead atoms. The largest absolute Gasteiger partial charge is 0.496 e. The lowest BCUT2D eigenvalue weighted by Gasteiger charge is -2.16. The molecule has 0 unspecified atom stereocenters. The molecule has 2 heteroatoms. The van der Waals surface area contributed by atoms with Gasteiger partial charge in [-0.3, -0.25) is 0 Å². The quantitative estimate of drug-likeness (QED) is 0.853. The van der Waals surface area contributed by atoms with Crippen molar-refractivity contribution in [3.63, 3.8) is 0 Å². The number of hydrogen-bond acceptors (Lipinski definition) is 2. The molecule has 0 spiro atoms. The normalized spacial score (nSPS) is 16.4. The topological polar surface area (TPSA) is 21.3 Å². The average Bonchev–Trinajstić information content (AvgIpc) is 2.89. The predicted octanol–water partition coefficient (Wildman–Crippen LogP) is 3.85. The van der Waals surface area contributed by atoms with Crippen LogP contribution in [0, 0.1) is 0 Å². The fraction of sp³-hybridized carbons (Fsp3) is 0.625. The zero-order chi connectivity index (χ0) is 13.0. The molecule has 1 aliphatic rings. The minimum atomic E-state index is 0.570. The van der Waals surface area contributed by atoms with Gasteiger partial charge in [-0.1, -0.05) is 38.8 Å². The van der Waals surface area contributed by atoms with E-state index in [1.165, 1.54) is 36.8 Å². The van der Waals surface area contributed by atoms with Crippen LogP contribution in [0.1, 0.15) is 56.6 Å². The smallest absolute Gasteiger partial charge is 0.123 e. The number of methoxy groups -OCH3 is 1. The van der Waals surface area contributed by atoms with E-state index >= 15 is 0 Å². The molecule has 1 aromatic rings. The molecule has 0 radical (unpaired) electrons. The van der Waals surface area contributed by atoms with Gasteiger partial charge in [-0.15, -0.1) is 0 Å². The van der Waals surface area contributed by atoms with Crippen LogP contribution >= 0.6 is 0 Å². The van der Waals surface area contributed by atoms with Gasteiger partial charge in [0.25, 0.3) is 0 Å². The van der Waals surface area contributed by atoms with E-state index in [-0.39, 0.29) is 0 Å². The molecule has 18 heavy (non-hydrogen) atoms. The molecule has 1 aromatic carbocycles. The second-order valence-electron chi connectivity index (χ2n) is 5.59. The van der Waals surface area contributed by atoms with Crippen LogP contribution < -0.4 is 10.1 Å². The first-order valence-corrected chi connectivity index (χ1v) is 7.11. The van der Waals surface area contributed by atoms with Crippen LogP contribution in [0.3, 0.4) is 0 Å². The van der Waals surface area contributed by atoms with Gasteiger partial charge >= 0.3 is 0 Å². The van der Waals surface area contributed by atoms with Crippen molar-refractivity contribution in [3.8, 4) is 5.75 Å². The Bertz CT molecular complexity index is 381. The summed E-state index contributed by atoms with van der Waals surface area (Å²) < 4.78 is 5.46. The van der Waals surface area contributed by atoms with Crippen molar-refractivity contribution in [2.45, 2.75) is 58.0 Å². The third kappa shape index (κ3) is 3.26. The van der Waals surface area contributed by atoms with Crippen molar-refractivity contribution in [3.05, 3.63) is 29.3 Å². The Hall–Kier alpha value is -1.02. The van der Waals surface area contributed by atoms with Crippen LogP contribution in [0.15, 0.2) is 18.2 Å². The van der Waals surface area contributed by atoms with Crippen molar-refractivity contribution in [1.82, 2.24) is 5.32 Å². The van der Waals surface area contributed by atoms with Crippen LogP contribution in [-0.2, 0) is 6.54 Å². The molecule has 100 valence electrons. The van der Waals surface area contributed by atoms with Crippen molar-refractivity contribution in [1.29, 1.82) is 0 Å². The number of hydrogen-bond donors (Lipinski definition) is 1. The molecule has 0 atom stereocenters. The highest BCUT2D eigenvalue weighted by atomic mass is 16.5. The Labute approximate surface area is 111 Å². The van der Waals surface area contributed by atoms with E-state index < -0.39 is 0 Å². The van der Waals surface area contributed by atoms with Crippen molar-refractivity contribution < 1.29 is 4.74 Å². The summed E-state index contributed by atoms with van der Waals surface area (Å²) >= 11 is 0. The zero-order valence-corrected chi connectivity index (χ0v) is 11.8. The Balaban J connectivity index is 2.05. The van der Waals surface area contributed by atoms with Gasteiger partial charge in [0.1, 0.15) is 5.75 Å². The van der Waals surface area contributed by atoms with Gasteiger partial charge in [0, 0.05) is 18.2 Å². The van der Waals surface area contributed by atoms with Crippen molar-refractivity contribution in [2.24, 2.45) is 0 Å². The van der Waals surface area contributed by atoms with Gasteiger partial charge in [0.2, 0.25) is 0 Å². The summed E-state index contributed by atoms with van der Waals surface area (Å²) in [6.07, 6.45) is 5.40. The lowest BCUT2D eigenvalue weighted by atomic mass is 10.00. The fourth-order valence-electron chi connectivity index (χ4n) is 2.68. The Morgan fingerprint density at radius 2 is 2.00 bits per heavy atom. The van der Waals surface area contributed by atoms with Gasteiger partial charge in [-0.2, -0.15) is 0 Å². The molecule has 2 rings (SSSR count). The molecule has 0 amide bonds. The minimum absolute atomic E-state index is 0.570. The van der Waals surface area contributed by atoms with E-state index in [1.807, 2.05) is 0 Å². The number of ether oxygens (including phenoxy) is 1. The van der Waals surface area contributed by atoms with E-state index in [9.17, 15) is 0 Å². The summed E-state index contributed by atoms with van der Waals surface area (Å²) in [5.41, 5.74) is 2.68. The first-order chi connectivity index (χ1) is 8.70. The lowest BCUT2D eigenvalue weighted by Crippen LogP contribution is -2.25. The number of benzene rings is 1. The first-order valence-electron chi connectivity index (χ1n) is 7.11. The van der Waals surface area contributed by atoms with Gasteiger partial charge in [0.15, 0.2) is 0 Å².